The van der Waals surface area contributed by atoms with Crippen LogP contribution in [0.4, 0.5) is 5.69 Å². The molecule has 2 N–H and O–H groups in total. The Balaban J connectivity index is 1.37. The van der Waals surface area contributed by atoms with Crippen molar-refractivity contribution in [3.8, 4) is 17.1 Å². The fraction of sp³-hybridized carbons (Fsp3) is 0.222. The molecule has 0 aliphatic heterocycles. The predicted molar refractivity (Wildman–Crippen MR) is 140 cm³/mol. The number of thioether (sulfide) groups is 1. The lowest BCUT2D eigenvalue weighted by atomic mass is 10.1. The zero-order chi connectivity index (χ0) is 25.1. The average Bonchev–Trinajstić information content (AvgIpc) is 3.60. The van der Waals surface area contributed by atoms with Gasteiger partial charge in [-0.2, -0.15) is 0 Å². The van der Waals surface area contributed by atoms with Crippen LogP contribution in [0.2, 0.25) is 0 Å². The number of amides is 2. The molecule has 0 saturated heterocycles. The molecule has 36 heavy (non-hydrogen) atoms. The van der Waals surface area contributed by atoms with Gasteiger partial charge in [0.1, 0.15) is 0 Å². The minimum atomic E-state index is -0.230. The molecule has 8 nitrogen and oxygen atoms in total. The summed E-state index contributed by atoms with van der Waals surface area (Å²) in [5.74, 6) is 0.382. The molecule has 1 saturated carbocycles. The van der Waals surface area contributed by atoms with Crippen LogP contribution in [0, 0.1) is 13.8 Å². The molecule has 0 unspecified atom stereocenters. The van der Waals surface area contributed by atoms with E-state index in [0.717, 1.165) is 29.7 Å². The molecule has 5 rings (SSSR count). The Hall–Kier alpha value is -3.98. The Bertz CT molecular complexity index is 1420. The van der Waals surface area contributed by atoms with Crippen LogP contribution in [0.25, 0.3) is 17.1 Å². The van der Waals surface area contributed by atoms with Crippen LogP contribution in [-0.4, -0.2) is 43.4 Å². The third kappa shape index (κ3) is 5.31. The molecule has 1 aliphatic rings. The van der Waals surface area contributed by atoms with Gasteiger partial charge in [0.05, 0.1) is 22.7 Å². The number of anilines is 1. The van der Waals surface area contributed by atoms with E-state index >= 15 is 0 Å². The van der Waals surface area contributed by atoms with E-state index in [9.17, 15) is 9.59 Å². The average molecular weight is 499 g/mol. The third-order valence-electron chi connectivity index (χ3n) is 6.01. The van der Waals surface area contributed by atoms with Crippen molar-refractivity contribution in [2.24, 2.45) is 0 Å². The van der Waals surface area contributed by atoms with Gasteiger partial charge in [-0.1, -0.05) is 30.0 Å². The van der Waals surface area contributed by atoms with Crippen LogP contribution in [0.15, 0.2) is 72.1 Å². The number of rotatable bonds is 8. The molecule has 0 atom stereocenters. The van der Waals surface area contributed by atoms with Crippen molar-refractivity contribution in [1.29, 1.82) is 0 Å². The summed E-state index contributed by atoms with van der Waals surface area (Å²) in [6, 6.07) is 17.2. The number of para-hydroxylation sites is 1. The molecular weight excluding hydrogens is 472 g/mol. The van der Waals surface area contributed by atoms with Crippen molar-refractivity contribution in [2.45, 2.75) is 37.9 Å². The summed E-state index contributed by atoms with van der Waals surface area (Å²) >= 11 is 1.29. The second kappa shape index (κ2) is 10.3. The van der Waals surface area contributed by atoms with Crippen molar-refractivity contribution < 1.29 is 9.59 Å². The van der Waals surface area contributed by atoms with Crippen LogP contribution < -0.4 is 10.6 Å². The predicted octanol–water partition coefficient (Wildman–Crippen LogP) is 4.57. The van der Waals surface area contributed by atoms with Crippen molar-refractivity contribution in [3.63, 3.8) is 0 Å². The van der Waals surface area contributed by atoms with Gasteiger partial charge in [0, 0.05) is 24.0 Å². The second-order valence-corrected chi connectivity index (χ2v) is 9.72. The molecule has 0 bridgehead atoms. The first kappa shape index (κ1) is 23.7. The molecule has 9 heteroatoms. The van der Waals surface area contributed by atoms with Gasteiger partial charge >= 0.3 is 0 Å². The van der Waals surface area contributed by atoms with E-state index in [1.807, 2.05) is 22.8 Å². The first-order valence-electron chi connectivity index (χ1n) is 11.8. The molecule has 4 aromatic rings. The highest BCUT2D eigenvalue weighted by molar-refractivity contribution is 7.99. The van der Waals surface area contributed by atoms with Crippen molar-refractivity contribution >= 4 is 29.3 Å². The SMILES string of the molecule is Cc1ccc(-n2c(SCC(=O)Nc3ccccc3C(=O)NC3CC3)nnc2-c2ccncc2)cc1C. The molecule has 0 spiro atoms. The summed E-state index contributed by atoms with van der Waals surface area (Å²) in [6.45, 7) is 4.13. The highest BCUT2D eigenvalue weighted by Gasteiger charge is 2.25. The zero-order valence-corrected chi connectivity index (χ0v) is 20.9. The number of carbonyl (C=O) groups is 2. The minimum absolute atomic E-state index is 0.109. The molecule has 182 valence electrons. The van der Waals surface area contributed by atoms with E-state index in [2.05, 4.69) is 51.8 Å². The fourth-order valence-electron chi connectivity index (χ4n) is 3.75. The highest BCUT2D eigenvalue weighted by atomic mass is 32.2. The smallest absolute Gasteiger partial charge is 0.253 e. The van der Waals surface area contributed by atoms with E-state index in [1.54, 1.807) is 36.7 Å². The number of hydrogen-bond donors (Lipinski definition) is 2. The molecule has 2 heterocycles. The number of aromatic nitrogens is 4. The lowest BCUT2D eigenvalue weighted by molar-refractivity contribution is -0.113. The van der Waals surface area contributed by atoms with Crippen molar-refractivity contribution in [2.75, 3.05) is 11.1 Å². The molecule has 2 amide bonds. The maximum absolute atomic E-state index is 12.9. The summed E-state index contributed by atoms with van der Waals surface area (Å²) in [6.07, 6.45) is 5.43. The molecule has 2 aromatic heterocycles. The number of hydrogen-bond acceptors (Lipinski definition) is 6. The monoisotopic (exact) mass is 498 g/mol. The fourth-order valence-corrected chi connectivity index (χ4v) is 4.50. The van der Waals surface area contributed by atoms with Gasteiger partial charge in [-0.15, -0.1) is 10.2 Å². The molecule has 1 aliphatic carbocycles. The van der Waals surface area contributed by atoms with Crippen LogP contribution in [-0.2, 0) is 4.79 Å². The largest absolute Gasteiger partial charge is 0.349 e. The van der Waals surface area contributed by atoms with E-state index in [0.29, 0.717) is 22.2 Å². The Morgan fingerprint density at radius 1 is 1.00 bits per heavy atom. The van der Waals surface area contributed by atoms with Gasteiger partial charge in [0.15, 0.2) is 11.0 Å². The van der Waals surface area contributed by atoms with E-state index in [4.69, 9.17) is 0 Å². The normalized spacial score (nSPS) is 12.8. The topological polar surface area (TPSA) is 102 Å². The van der Waals surface area contributed by atoms with Gasteiger partial charge in [0.25, 0.3) is 5.91 Å². The Labute approximate surface area is 213 Å². The van der Waals surface area contributed by atoms with Gasteiger partial charge in [-0.3, -0.25) is 19.1 Å². The lowest BCUT2D eigenvalue weighted by Gasteiger charge is -2.13. The van der Waals surface area contributed by atoms with Gasteiger partial charge in [-0.05, 0) is 74.2 Å². The van der Waals surface area contributed by atoms with E-state index in [-0.39, 0.29) is 23.6 Å². The summed E-state index contributed by atoms with van der Waals surface area (Å²) in [5, 5.41) is 15.3. The van der Waals surface area contributed by atoms with E-state index in [1.165, 1.54) is 17.3 Å². The summed E-state index contributed by atoms with van der Waals surface area (Å²) in [5.41, 5.74) is 5.09. The van der Waals surface area contributed by atoms with Crippen molar-refractivity contribution in [1.82, 2.24) is 25.1 Å². The Kier molecular flexibility index (Phi) is 6.81. The van der Waals surface area contributed by atoms with Gasteiger partial charge < -0.3 is 10.6 Å². The maximum atomic E-state index is 12.9. The number of nitrogens with zero attached hydrogens (tertiary/aromatic N) is 4. The number of benzene rings is 2. The van der Waals surface area contributed by atoms with Crippen LogP contribution in [0.5, 0.6) is 0 Å². The van der Waals surface area contributed by atoms with E-state index < -0.39 is 0 Å². The Morgan fingerprint density at radius 2 is 1.78 bits per heavy atom. The third-order valence-corrected chi connectivity index (χ3v) is 6.94. The second-order valence-electron chi connectivity index (χ2n) is 8.78. The summed E-state index contributed by atoms with van der Waals surface area (Å²) in [4.78, 5) is 29.6. The number of nitrogens with one attached hydrogen (secondary N) is 2. The van der Waals surface area contributed by atoms with Gasteiger partial charge in [0.2, 0.25) is 5.91 Å². The summed E-state index contributed by atoms with van der Waals surface area (Å²) in [7, 11) is 0. The van der Waals surface area contributed by atoms with Gasteiger partial charge in [-0.25, -0.2) is 0 Å². The first-order chi connectivity index (χ1) is 17.5. The molecule has 0 radical (unpaired) electrons. The maximum Gasteiger partial charge on any atom is 0.253 e. The number of pyridine rings is 1. The molecule has 1 fully saturated rings. The Morgan fingerprint density at radius 3 is 2.53 bits per heavy atom. The zero-order valence-electron chi connectivity index (χ0n) is 20.1. The van der Waals surface area contributed by atoms with Crippen LogP contribution in [0.1, 0.15) is 34.3 Å². The highest BCUT2D eigenvalue weighted by Crippen LogP contribution is 2.29. The van der Waals surface area contributed by atoms with Crippen LogP contribution >= 0.6 is 11.8 Å². The van der Waals surface area contributed by atoms with Crippen molar-refractivity contribution in [3.05, 3.63) is 83.7 Å². The number of carbonyl (C=O) groups excluding carboxylic acids is 2. The quantitative estimate of drug-likeness (QED) is 0.345. The molecule has 2 aromatic carbocycles. The lowest BCUT2D eigenvalue weighted by Crippen LogP contribution is -2.27. The first-order valence-corrected chi connectivity index (χ1v) is 12.7. The molecular formula is C27H26N6O2S. The number of aryl methyl sites for hydroxylation is 2. The minimum Gasteiger partial charge on any atom is -0.349 e. The summed E-state index contributed by atoms with van der Waals surface area (Å²) < 4.78 is 1.96. The van der Waals surface area contributed by atoms with Crippen LogP contribution in [0.3, 0.4) is 0 Å². The standard InChI is InChI=1S/C27H26N6O2S/c1-17-7-10-21(15-18(17)2)33-25(19-11-13-28-14-12-19)31-32-27(33)36-16-24(34)30-23-6-4-3-5-22(23)26(35)29-20-8-9-20/h3-7,10-15,20H,8-9,16H2,1-2H3,(H,29,35)(H,30,34).